The van der Waals surface area contributed by atoms with Crippen molar-refractivity contribution >= 4 is 15.9 Å². The van der Waals surface area contributed by atoms with Gasteiger partial charge < -0.3 is 5.73 Å². The van der Waals surface area contributed by atoms with Gasteiger partial charge in [-0.15, -0.1) is 0 Å². The second-order valence-electron chi connectivity index (χ2n) is 4.48. The molecule has 1 aromatic heterocycles. The van der Waals surface area contributed by atoms with Crippen LogP contribution in [0.15, 0.2) is 41.0 Å². The number of benzene rings is 1. The van der Waals surface area contributed by atoms with Crippen LogP contribution < -0.4 is 5.73 Å². The van der Waals surface area contributed by atoms with Crippen LogP contribution in [0.25, 0.3) is 0 Å². The fourth-order valence-corrected chi connectivity index (χ4v) is 2.61. The lowest BCUT2D eigenvalue weighted by Gasteiger charge is -2.25. The van der Waals surface area contributed by atoms with Gasteiger partial charge in [0.25, 0.3) is 0 Å². The van der Waals surface area contributed by atoms with E-state index in [1.807, 2.05) is 42.1 Å². The Labute approximate surface area is 116 Å². The summed E-state index contributed by atoms with van der Waals surface area (Å²) in [6, 6.07) is 10.3. The van der Waals surface area contributed by atoms with Gasteiger partial charge in [0, 0.05) is 16.7 Å². The number of nitrogens with two attached hydrogens (primary N) is 1. The topological polar surface area (TPSA) is 43.8 Å². The van der Waals surface area contributed by atoms with Crippen molar-refractivity contribution in [2.75, 3.05) is 0 Å². The van der Waals surface area contributed by atoms with Gasteiger partial charge in [0.05, 0.1) is 11.7 Å². The molecule has 18 heavy (non-hydrogen) atoms. The van der Waals surface area contributed by atoms with Crippen LogP contribution in [0.5, 0.6) is 0 Å². The van der Waals surface area contributed by atoms with Crippen LogP contribution in [0.1, 0.15) is 30.6 Å². The quantitative estimate of drug-likeness (QED) is 0.942. The number of aromatic nitrogens is 2. The van der Waals surface area contributed by atoms with E-state index in [9.17, 15) is 0 Å². The van der Waals surface area contributed by atoms with E-state index in [0.717, 1.165) is 16.6 Å². The van der Waals surface area contributed by atoms with Gasteiger partial charge in [-0.1, -0.05) is 41.1 Å². The molecule has 96 valence electrons. The molecule has 1 aromatic carbocycles. The minimum atomic E-state index is 0.0444. The molecule has 0 aliphatic heterocycles. The zero-order chi connectivity index (χ0) is 13.1. The highest BCUT2D eigenvalue weighted by molar-refractivity contribution is 9.10. The average molecular weight is 308 g/mol. The highest BCUT2D eigenvalue weighted by Gasteiger charge is 2.22. The van der Waals surface area contributed by atoms with Gasteiger partial charge in [0.15, 0.2) is 0 Å². The van der Waals surface area contributed by atoms with Gasteiger partial charge in [0.1, 0.15) is 0 Å². The maximum Gasteiger partial charge on any atom is 0.0930 e. The fourth-order valence-electron chi connectivity index (χ4n) is 2.10. The molecule has 0 aliphatic carbocycles. The molecule has 0 spiro atoms. The molecule has 2 N–H and O–H groups in total. The Bertz CT molecular complexity index is 521. The van der Waals surface area contributed by atoms with Crippen molar-refractivity contribution in [3.63, 3.8) is 0 Å². The van der Waals surface area contributed by atoms with E-state index in [0.29, 0.717) is 0 Å². The molecule has 2 atom stereocenters. The van der Waals surface area contributed by atoms with E-state index in [1.54, 1.807) is 0 Å². The predicted molar refractivity (Wildman–Crippen MR) is 77.5 cm³/mol. The van der Waals surface area contributed by atoms with Crippen LogP contribution in [0.4, 0.5) is 0 Å². The van der Waals surface area contributed by atoms with Crippen LogP contribution in [0, 0.1) is 6.92 Å². The highest BCUT2D eigenvalue weighted by atomic mass is 79.9. The Morgan fingerprint density at radius 1 is 1.33 bits per heavy atom. The molecular formula is C14H18BrN3. The maximum atomic E-state index is 6.28. The molecule has 2 rings (SSSR count). The minimum Gasteiger partial charge on any atom is -0.326 e. The van der Waals surface area contributed by atoms with Crippen molar-refractivity contribution in [1.29, 1.82) is 0 Å². The largest absolute Gasteiger partial charge is 0.326 e. The SMILES string of the molecule is CCC(N)C(c1ccccc1Br)n1ccc(C)n1. The second-order valence-corrected chi connectivity index (χ2v) is 5.33. The van der Waals surface area contributed by atoms with Crippen LogP contribution in [-0.2, 0) is 0 Å². The fraction of sp³-hybridized carbons (Fsp3) is 0.357. The summed E-state index contributed by atoms with van der Waals surface area (Å²) in [5, 5.41) is 4.51. The lowest BCUT2D eigenvalue weighted by molar-refractivity contribution is 0.421. The summed E-state index contributed by atoms with van der Waals surface area (Å²) < 4.78 is 3.04. The van der Waals surface area contributed by atoms with Gasteiger partial charge >= 0.3 is 0 Å². The third kappa shape index (κ3) is 2.65. The first-order valence-electron chi connectivity index (χ1n) is 6.15. The Kier molecular flexibility index (Phi) is 4.19. The summed E-state index contributed by atoms with van der Waals surface area (Å²) in [5.41, 5.74) is 8.46. The lowest BCUT2D eigenvalue weighted by Crippen LogP contribution is -2.33. The molecule has 4 heteroatoms. The number of nitrogens with zero attached hydrogens (tertiary/aromatic N) is 2. The zero-order valence-corrected chi connectivity index (χ0v) is 12.3. The third-order valence-electron chi connectivity index (χ3n) is 3.13. The summed E-state index contributed by atoms with van der Waals surface area (Å²) in [6.45, 7) is 4.09. The second kappa shape index (κ2) is 5.67. The first-order chi connectivity index (χ1) is 8.63. The van der Waals surface area contributed by atoms with Crippen molar-refractivity contribution in [2.45, 2.75) is 32.4 Å². The Morgan fingerprint density at radius 2 is 2.06 bits per heavy atom. The Hall–Kier alpha value is -1.13. The van der Waals surface area contributed by atoms with Crippen LogP contribution in [0.2, 0.25) is 0 Å². The Balaban J connectivity index is 2.47. The first-order valence-corrected chi connectivity index (χ1v) is 6.94. The smallest absolute Gasteiger partial charge is 0.0930 e. The van der Waals surface area contributed by atoms with Crippen molar-refractivity contribution in [3.05, 3.63) is 52.3 Å². The molecule has 3 nitrogen and oxygen atoms in total. The monoisotopic (exact) mass is 307 g/mol. The normalized spacial score (nSPS) is 14.4. The molecule has 0 saturated carbocycles. The summed E-state index contributed by atoms with van der Waals surface area (Å²) >= 11 is 3.60. The van der Waals surface area contributed by atoms with Gasteiger partial charge in [-0.05, 0) is 31.0 Å². The average Bonchev–Trinajstić information content (AvgIpc) is 2.78. The van der Waals surface area contributed by atoms with E-state index < -0.39 is 0 Å². The molecule has 0 fully saturated rings. The van der Waals surface area contributed by atoms with Gasteiger partial charge in [-0.2, -0.15) is 5.10 Å². The minimum absolute atomic E-state index is 0.0444. The highest BCUT2D eigenvalue weighted by Crippen LogP contribution is 2.28. The molecule has 0 aliphatic rings. The zero-order valence-electron chi connectivity index (χ0n) is 10.7. The maximum absolute atomic E-state index is 6.28. The molecule has 0 saturated heterocycles. The van der Waals surface area contributed by atoms with E-state index in [-0.39, 0.29) is 12.1 Å². The molecule has 0 amide bonds. The van der Waals surface area contributed by atoms with Gasteiger partial charge in [0.2, 0.25) is 0 Å². The molecule has 2 aromatic rings. The van der Waals surface area contributed by atoms with E-state index in [2.05, 4.69) is 34.0 Å². The first kappa shape index (κ1) is 13.3. The van der Waals surface area contributed by atoms with Crippen molar-refractivity contribution < 1.29 is 0 Å². The van der Waals surface area contributed by atoms with Gasteiger partial charge in [-0.3, -0.25) is 4.68 Å². The predicted octanol–water partition coefficient (Wildman–Crippen LogP) is 3.28. The molecule has 0 radical (unpaired) electrons. The van der Waals surface area contributed by atoms with Crippen molar-refractivity contribution in [3.8, 4) is 0 Å². The standard InChI is InChI=1S/C14H18BrN3/c1-3-13(16)14(18-9-8-10(2)17-18)11-6-4-5-7-12(11)15/h4-9,13-14H,3,16H2,1-2H3. The number of rotatable bonds is 4. The Morgan fingerprint density at radius 3 is 2.61 bits per heavy atom. The van der Waals surface area contributed by atoms with E-state index >= 15 is 0 Å². The van der Waals surface area contributed by atoms with E-state index in [1.165, 1.54) is 5.56 Å². The van der Waals surface area contributed by atoms with Crippen LogP contribution in [-0.4, -0.2) is 15.8 Å². The van der Waals surface area contributed by atoms with Crippen molar-refractivity contribution in [1.82, 2.24) is 9.78 Å². The number of halogens is 1. The van der Waals surface area contributed by atoms with Gasteiger partial charge in [-0.25, -0.2) is 0 Å². The molecule has 2 unspecified atom stereocenters. The van der Waals surface area contributed by atoms with Crippen LogP contribution in [0.3, 0.4) is 0 Å². The van der Waals surface area contributed by atoms with Crippen molar-refractivity contribution in [2.24, 2.45) is 5.73 Å². The lowest BCUT2D eigenvalue weighted by atomic mass is 9.98. The van der Waals surface area contributed by atoms with E-state index in [4.69, 9.17) is 5.73 Å². The molecule has 1 heterocycles. The molecule has 0 bridgehead atoms. The number of hydrogen-bond acceptors (Lipinski definition) is 2. The third-order valence-corrected chi connectivity index (χ3v) is 3.85. The summed E-state index contributed by atoms with van der Waals surface area (Å²) in [4.78, 5) is 0. The number of aryl methyl sites for hydroxylation is 1. The molecular weight excluding hydrogens is 290 g/mol. The summed E-state index contributed by atoms with van der Waals surface area (Å²) in [7, 11) is 0. The summed E-state index contributed by atoms with van der Waals surface area (Å²) in [5.74, 6) is 0. The number of hydrogen-bond donors (Lipinski definition) is 1. The van der Waals surface area contributed by atoms with Crippen LogP contribution >= 0.6 is 15.9 Å². The summed E-state index contributed by atoms with van der Waals surface area (Å²) in [6.07, 6.45) is 2.90.